The van der Waals surface area contributed by atoms with E-state index in [-0.39, 0.29) is 18.6 Å². The molecule has 2 N–H and O–H groups in total. The van der Waals surface area contributed by atoms with E-state index in [9.17, 15) is 4.79 Å². The first-order chi connectivity index (χ1) is 9.10. The lowest BCUT2D eigenvalue weighted by Crippen LogP contribution is -2.34. The van der Waals surface area contributed by atoms with Crippen molar-refractivity contribution < 1.29 is 14.3 Å². The average Bonchev–Trinajstić information content (AvgIpc) is 2.71. The van der Waals surface area contributed by atoms with E-state index in [1.807, 2.05) is 32.0 Å². The monoisotopic (exact) mass is 261 g/mol. The van der Waals surface area contributed by atoms with Gasteiger partial charge >= 0.3 is 0 Å². The number of carbonyl (C=O) groups excluding carboxylic acids is 1. The van der Waals surface area contributed by atoms with Crippen LogP contribution in [0.2, 0.25) is 0 Å². The second-order valence-corrected chi connectivity index (χ2v) is 4.92. The van der Waals surface area contributed by atoms with E-state index < -0.39 is 0 Å². The SMILES string of the molecule is Cc1ccc2c(CC(=O)NC(C)CCO)coc2c1. The van der Waals surface area contributed by atoms with E-state index in [4.69, 9.17) is 9.52 Å². The lowest BCUT2D eigenvalue weighted by Gasteiger charge is -2.11. The van der Waals surface area contributed by atoms with Crippen molar-refractivity contribution in [1.29, 1.82) is 0 Å². The zero-order chi connectivity index (χ0) is 13.8. The van der Waals surface area contributed by atoms with Crippen LogP contribution in [0.5, 0.6) is 0 Å². The van der Waals surface area contributed by atoms with Crippen LogP contribution < -0.4 is 5.32 Å². The van der Waals surface area contributed by atoms with Gasteiger partial charge in [0.15, 0.2) is 0 Å². The summed E-state index contributed by atoms with van der Waals surface area (Å²) < 4.78 is 5.46. The predicted octanol–water partition coefficient (Wildman–Crippen LogP) is 2.17. The molecule has 0 fully saturated rings. The van der Waals surface area contributed by atoms with E-state index >= 15 is 0 Å². The standard InChI is InChI=1S/C15H19NO3/c1-10-3-4-13-12(9-19-14(13)7-10)8-15(18)16-11(2)5-6-17/h3-4,7,9,11,17H,5-6,8H2,1-2H3,(H,16,18). The Bertz CT molecular complexity index is 574. The number of fused-ring (bicyclic) bond motifs is 1. The molecule has 0 saturated heterocycles. The number of furan rings is 1. The summed E-state index contributed by atoms with van der Waals surface area (Å²) in [5.74, 6) is -0.0516. The van der Waals surface area contributed by atoms with Crippen LogP contribution in [-0.2, 0) is 11.2 Å². The van der Waals surface area contributed by atoms with Gasteiger partial charge in [0, 0.05) is 23.6 Å². The Morgan fingerprint density at radius 2 is 2.26 bits per heavy atom. The number of aryl methyl sites for hydroxylation is 1. The molecule has 0 radical (unpaired) electrons. The summed E-state index contributed by atoms with van der Waals surface area (Å²) >= 11 is 0. The Labute approximate surface area is 112 Å². The smallest absolute Gasteiger partial charge is 0.224 e. The van der Waals surface area contributed by atoms with E-state index in [0.29, 0.717) is 12.8 Å². The molecule has 1 amide bonds. The van der Waals surface area contributed by atoms with Gasteiger partial charge in [-0.1, -0.05) is 12.1 Å². The summed E-state index contributed by atoms with van der Waals surface area (Å²) in [5, 5.41) is 12.6. The van der Waals surface area contributed by atoms with Crippen LogP contribution in [0.15, 0.2) is 28.9 Å². The van der Waals surface area contributed by atoms with E-state index in [2.05, 4.69) is 5.32 Å². The zero-order valence-electron chi connectivity index (χ0n) is 11.3. The van der Waals surface area contributed by atoms with Crippen molar-refractivity contribution in [3.8, 4) is 0 Å². The molecule has 0 aliphatic carbocycles. The molecule has 102 valence electrons. The Hall–Kier alpha value is -1.81. The first-order valence-corrected chi connectivity index (χ1v) is 6.47. The van der Waals surface area contributed by atoms with Crippen molar-refractivity contribution >= 4 is 16.9 Å². The summed E-state index contributed by atoms with van der Waals surface area (Å²) in [6.45, 7) is 3.96. The number of aliphatic hydroxyl groups is 1. The van der Waals surface area contributed by atoms with Gasteiger partial charge < -0.3 is 14.8 Å². The highest BCUT2D eigenvalue weighted by atomic mass is 16.3. The summed E-state index contributed by atoms with van der Waals surface area (Å²) in [6, 6.07) is 5.94. The molecule has 1 aromatic heterocycles. The number of hydrogen-bond donors (Lipinski definition) is 2. The van der Waals surface area contributed by atoms with Gasteiger partial charge in [0.2, 0.25) is 5.91 Å². The summed E-state index contributed by atoms with van der Waals surface area (Å²) in [6.07, 6.45) is 2.50. The fourth-order valence-electron chi connectivity index (χ4n) is 2.09. The molecule has 4 nitrogen and oxygen atoms in total. The second kappa shape index (κ2) is 5.89. The van der Waals surface area contributed by atoms with E-state index in [1.54, 1.807) is 6.26 Å². The number of aliphatic hydroxyl groups excluding tert-OH is 1. The third-order valence-corrected chi connectivity index (χ3v) is 3.13. The van der Waals surface area contributed by atoms with Crippen LogP contribution in [0.25, 0.3) is 11.0 Å². The van der Waals surface area contributed by atoms with Crippen molar-refractivity contribution in [2.45, 2.75) is 32.7 Å². The molecule has 4 heteroatoms. The van der Waals surface area contributed by atoms with Gasteiger partial charge in [0.05, 0.1) is 12.7 Å². The van der Waals surface area contributed by atoms with Crippen LogP contribution in [0, 0.1) is 6.92 Å². The third-order valence-electron chi connectivity index (χ3n) is 3.13. The van der Waals surface area contributed by atoms with Gasteiger partial charge in [-0.2, -0.15) is 0 Å². The molecule has 0 aliphatic rings. The van der Waals surface area contributed by atoms with Crippen molar-refractivity contribution in [2.75, 3.05) is 6.61 Å². The van der Waals surface area contributed by atoms with Gasteiger partial charge in [0.1, 0.15) is 5.58 Å². The highest BCUT2D eigenvalue weighted by molar-refractivity contribution is 5.88. The highest BCUT2D eigenvalue weighted by Crippen LogP contribution is 2.22. The Morgan fingerprint density at radius 1 is 1.47 bits per heavy atom. The van der Waals surface area contributed by atoms with Gasteiger partial charge in [0.25, 0.3) is 0 Å². The summed E-state index contributed by atoms with van der Waals surface area (Å²) in [5.41, 5.74) is 2.84. The van der Waals surface area contributed by atoms with Crippen molar-refractivity contribution in [3.63, 3.8) is 0 Å². The fourth-order valence-corrected chi connectivity index (χ4v) is 2.09. The molecule has 0 aliphatic heterocycles. The normalized spacial score (nSPS) is 12.6. The van der Waals surface area contributed by atoms with Crippen molar-refractivity contribution in [3.05, 3.63) is 35.6 Å². The first kappa shape index (κ1) is 13.6. The molecule has 2 aromatic rings. The molecule has 1 heterocycles. The van der Waals surface area contributed by atoms with Crippen LogP contribution >= 0.6 is 0 Å². The maximum atomic E-state index is 11.9. The number of rotatable bonds is 5. The second-order valence-electron chi connectivity index (χ2n) is 4.92. The third kappa shape index (κ3) is 3.35. The molecule has 1 aromatic carbocycles. The largest absolute Gasteiger partial charge is 0.464 e. The van der Waals surface area contributed by atoms with Crippen LogP contribution in [0.3, 0.4) is 0 Å². The number of nitrogens with one attached hydrogen (secondary N) is 1. The highest BCUT2D eigenvalue weighted by Gasteiger charge is 2.12. The number of hydrogen-bond acceptors (Lipinski definition) is 3. The lowest BCUT2D eigenvalue weighted by molar-refractivity contribution is -0.121. The Kier molecular flexibility index (Phi) is 4.22. The number of benzene rings is 1. The lowest BCUT2D eigenvalue weighted by atomic mass is 10.1. The van der Waals surface area contributed by atoms with Gasteiger partial charge in [-0.05, 0) is 31.9 Å². The van der Waals surface area contributed by atoms with Crippen LogP contribution in [0.1, 0.15) is 24.5 Å². The van der Waals surface area contributed by atoms with Crippen LogP contribution in [-0.4, -0.2) is 23.7 Å². The Morgan fingerprint density at radius 3 is 3.00 bits per heavy atom. The van der Waals surface area contributed by atoms with E-state index in [0.717, 1.165) is 22.1 Å². The van der Waals surface area contributed by atoms with Crippen molar-refractivity contribution in [2.24, 2.45) is 0 Å². The molecule has 1 unspecified atom stereocenters. The van der Waals surface area contributed by atoms with Gasteiger partial charge in [-0.3, -0.25) is 4.79 Å². The molecule has 0 bridgehead atoms. The number of amides is 1. The summed E-state index contributed by atoms with van der Waals surface area (Å²) in [4.78, 5) is 11.9. The van der Waals surface area contributed by atoms with Gasteiger partial charge in [-0.25, -0.2) is 0 Å². The molecular weight excluding hydrogens is 242 g/mol. The number of carbonyl (C=O) groups is 1. The maximum absolute atomic E-state index is 11.9. The molecule has 1 atom stereocenters. The minimum atomic E-state index is -0.0516. The maximum Gasteiger partial charge on any atom is 0.224 e. The van der Waals surface area contributed by atoms with E-state index in [1.165, 1.54) is 0 Å². The minimum Gasteiger partial charge on any atom is -0.464 e. The molecule has 19 heavy (non-hydrogen) atoms. The summed E-state index contributed by atoms with van der Waals surface area (Å²) in [7, 11) is 0. The molecular formula is C15H19NO3. The zero-order valence-corrected chi connectivity index (χ0v) is 11.3. The Balaban J connectivity index is 2.07. The minimum absolute atomic E-state index is 0.0158. The first-order valence-electron chi connectivity index (χ1n) is 6.47. The topological polar surface area (TPSA) is 62.5 Å². The molecule has 0 spiro atoms. The molecule has 0 saturated carbocycles. The quantitative estimate of drug-likeness (QED) is 0.867. The average molecular weight is 261 g/mol. The van der Waals surface area contributed by atoms with Crippen LogP contribution in [0.4, 0.5) is 0 Å². The fraction of sp³-hybridized carbons (Fsp3) is 0.400. The molecule has 2 rings (SSSR count). The van der Waals surface area contributed by atoms with Gasteiger partial charge in [-0.15, -0.1) is 0 Å². The van der Waals surface area contributed by atoms with Crippen molar-refractivity contribution in [1.82, 2.24) is 5.32 Å². The predicted molar refractivity (Wildman–Crippen MR) is 74.0 cm³/mol.